The van der Waals surface area contributed by atoms with Gasteiger partial charge in [-0.3, -0.25) is 4.79 Å². The largest absolute Gasteiger partial charge is 0.508 e. The van der Waals surface area contributed by atoms with E-state index in [-0.39, 0.29) is 17.1 Å². The molecule has 1 atom stereocenters. The van der Waals surface area contributed by atoms with Crippen molar-refractivity contribution in [2.75, 3.05) is 11.1 Å². The van der Waals surface area contributed by atoms with E-state index in [1.165, 1.54) is 6.08 Å². The van der Waals surface area contributed by atoms with Crippen molar-refractivity contribution >= 4 is 17.3 Å². The molecule has 1 amide bonds. The fourth-order valence-electron chi connectivity index (χ4n) is 2.68. The first kappa shape index (κ1) is 19.5. The number of para-hydroxylation sites is 2. The molecule has 0 aliphatic carbocycles. The molecule has 0 unspecified atom stereocenters. The van der Waals surface area contributed by atoms with Crippen LogP contribution in [-0.4, -0.2) is 16.1 Å². The maximum absolute atomic E-state index is 11.9. The standard InChI is InChI=1S/C21H26N2O3/c1-21(2,20(26)15-10-12-16(24)13-11-15)14-6-5-9-19(25)23-18-8-4-3-7-17(18)22/h3-5,7-13,20,24,26H,6,14,22H2,1-2H3,(H,23,25)/b9-5+/t20-/m1/s1. The topological polar surface area (TPSA) is 95.6 Å². The van der Waals surface area contributed by atoms with Crippen LogP contribution < -0.4 is 11.1 Å². The Bertz CT molecular complexity index is 767. The number of rotatable bonds is 7. The van der Waals surface area contributed by atoms with Crippen LogP contribution in [0.5, 0.6) is 5.75 Å². The van der Waals surface area contributed by atoms with E-state index in [4.69, 9.17) is 5.73 Å². The normalized spacial score (nSPS) is 12.9. The smallest absolute Gasteiger partial charge is 0.248 e. The zero-order valence-corrected chi connectivity index (χ0v) is 15.1. The van der Waals surface area contributed by atoms with Crippen molar-refractivity contribution in [3.63, 3.8) is 0 Å². The molecule has 0 aliphatic rings. The monoisotopic (exact) mass is 354 g/mol. The molecule has 2 rings (SSSR count). The molecule has 0 aliphatic heterocycles. The van der Waals surface area contributed by atoms with Gasteiger partial charge in [-0.2, -0.15) is 0 Å². The van der Waals surface area contributed by atoms with Gasteiger partial charge >= 0.3 is 0 Å². The molecule has 0 bridgehead atoms. The zero-order valence-electron chi connectivity index (χ0n) is 15.1. The van der Waals surface area contributed by atoms with Crippen LogP contribution in [0.4, 0.5) is 11.4 Å². The first-order valence-corrected chi connectivity index (χ1v) is 8.58. The van der Waals surface area contributed by atoms with Gasteiger partial charge in [0, 0.05) is 0 Å². The van der Waals surface area contributed by atoms with E-state index in [0.717, 1.165) is 5.56 Å². The van der Waals surface area contributed by atoms with Crippen molar-refractivity contribution in [2.24, 2.45) is 5.41 Å². The Hall–Kier alpha value is -2.79. The summed E-state index contributed by atoms with van der Waals surface area (Å²) in [5.74, 6) is -0.0634. The number of aromatic hydroxyl groups is 1. The quantitative estimate of drug-likeness (QED) is 0.446. The molecule has 0 fully saturated rings. The Morgan fingerprint density at radius 3 is 2.50 bits per heavy atom. The van der Waals surface area contributed by atoms with Crippen molar-refractivity contribution in [3.8, 4) is 5.75 Å². The van der Waals surface area contributed by atoms with Crippen LogP contribution >= 0.6 is 0 Å². The highest BCUT2D eigenvalue weighted by Gasteiger charge is 2.28. The fraction of sp³-hybridized carbons (Fsp3) is 0.286. The van der Waals surface area contributed by atoms with E-state index < -0.39 is 6.10 Å². The summed E-state index contributed by atoms with van der Waals surface area (Å²) < 4.78 is 0. The van der Waals surface area contributed by atoms with E-state index in [1.54, 1.807) is 42.5 Å². The third-order valence-electron chi connectivity index (χ3n) is 4.39. The summed E-state index contributed by atoms with van der Waals surface area (Å²) in [6, 6.07) is 13.7. The molecule has 2 aromatic rings. The Labute approximate surface area is 154 Å². The number of carbonyl (C=O) groups is 1. The second-order valence-corrected chi connectivity index (χ2v) is 7.00. The van der Waals surface area contributed by atoms with Crippen LogP contribution in [-0.2, 0) is 4.79 Å². The number of nitrogen functional groups attached to an aromatic ring is 1. The summed E-state index contributed by atoms with van der Waals surface area (Å²) >= 11 is 0. The first-order chi connectivity index (χ1) is 12.3. The maximum Gasteiger partial charge on any atom is 0.248 e. The molecule has 0 saturated carbocycles. The SMILES string of the molecule is CC(C)(CC/C=C/C(=O)Nc1ccccc1N)[C@H](O)c1ccc(O)cc1. The summed E-state index contributed by atoms with van der Waals surface area (Å²) in [5.41, 5.74) is 7.29. The molecule has 0 saturated heterocycles. The molecular weight excluding hydrogens is 328 g/mol. The summed E-state index contributed by atoms with van der Waals surface area (Å²) in [6.07, 6.45) is 3.97. The van der Waals surface area contributed by atoms with E-state index in [0.29, 0.717) is 24.2 Å². The van der Waals surface area contributed by atoms with Gasteiger partial charge in [-0.15, -0.1) is 0 Å². The molecule has 0 spiro atoms. The molecule has 0 radical (unpaired) electrons. The van der Waals surface area contributed by atoms with Crippen LogP contribution in [0.2, 0.25) is 0 Å². The van der Waals surface area contributed by atoms with Crippen molar-refractivity contribution in [2.45, 2.75) is 32.8 Å². The molecule has 2 aromatic carbocycles. The van der Waals surface area contributed by atoms with Crippen LogP contribution in [0.3, 0.4) is 0 Å². The Balaban J connectivity index is 1.87. The molecule has 138 valence electrons. The summed E-state index contributed by atoms with van der Waals surface area (Å²) in [5, 5.41) is 22.7. The van der Waals surface area contributed by atoms with E-state index in [2.05, 4.69) is 5.32 Å². The van der Waals surface area contributed by atoms with Gasteiger partial charge in [0.05, 0.1) is 17.5 Å². The van der Waals surface area contributed by atoms with Crippen LogP contribution in [0.1, 0.15) is 38.4 Å². The molecular formula is C21H26N2O3. The number of aliphatic hydroxyl groups excluding tert-OH is 1. The summed E-state index contributed by atoms with van der Waals surface area (Å²) in [4.78, 5) is 11.9. The molecule has 5 N–H and O–H groups in total. The Kier molecular flexibility index (Phi) is 6.41. The van der Waals surface area contributed by atoms with Gasteiger partial charge < -0.3 is 21.3 Å². The second kappa shape index (κ2) is 8.54. The van der Waals surface area contributed by atoms with Crippen LogP contribution in [0.25, 0.3) is 0 Å². The number of allylic oxidation sites excluding steroid dienone is 1. The van der Waals surface area contributed by atoms with Crippen molar-refractivity contribution in [1.29, 1.82) is 0 Å². The van der Waals surface area contributed by atoms with Gasteiger partial charge in [-0.25, -0.2) is 0 Å². The molecule has 0 aromatic heterocycles. The number of hydrogen-bond acceptors (Lipinski definition) is 4. The van der Waals surface area contributed by atoms with Gasteiger partial charge in [-0.1, -0.05) is 44.2 Å². The van der Waals surface area contributed by atoms with E-state index in [9.17, 15) is 15.0 Å². The predicted molar refractivity (Wildman–Crippen MR) is 105 cm³/mol. The van der Waals surface area contributed by atoms with Crippen molar-refractivity contribution in [3.05, 3.63) is 66.2 Å². The minimum Gasteiger partial charge on any atom is -0.508 e. The third-order valence-corrected chi connectivity index (χ3v) is 4.39. The second-order valence-electron chi connectivity index (χ2n) is 7.00. The van der Waals surface area contributed by atoms with Crippen molar-refractivity contribution < 1.29 is 15.0 Å². The highest BCUT2D eigenvalue weighted by atomic mass is 16.3. The van der Waals surface area contributed by atoms with Gasteiger partial charge in [0.2, 0.25) is 5.91 Å². The van der Waals surface area contributed by atoms with Crippen LogP contribution in [0, 0.1) is 5.41 Å². The number of aliphatic hydroxyl groups is 1. The van der Waals surface area contributed by atoms with Gasteiger partial charge in [0.15, 0.2) is 0 Å². The lowest BCUT2D eigenvalue weighted by Gasteiger charge is -2.30. The average Bonchev–Trinajstić information content (AvgIpc) is 2.61. The number of benzene rings is 2. The third kappa shape index (κ3) is 5.36. The predicted octanol–water partition coefficient (Wildman–Crippen LogP) is 4.01. The lowest BCUT2D eigenvalue weighted by molar-refractivity contribution is -0.111. The van der Waals surface area contributed by atoms with Gasteiger partial charge in [-0.05, 0) is 54.2 Å². The molecule has 0 heterocycles. The van der Waals surface area contributed by atoms with E-state index >= 15 is 0 Å². The Morgan fingerprint density at radius 2 is 1.85 bits per heavy atom. The van der Waals surface area contributed by atoms with Gasteiger partial charge in [0.25, 0.3) is 0 Å². The highest BCUT2D eigenvalue weighted by molar-refractivity contribution is 6.01. The molecule has 26 heavy (non-hydrogen) atoms. The van der Waals surface area contributed by atoms with Crippen LogP contribution in [0.15, 0.2) is 60.7 Å². The number of nitrogens with two attached hydrogens (primary N) is 1. The molecule has 5 heteroatoms. The number of phenols is 1. The van der Waals surface area contributed by atoms with Crippen molar-refractivity contribution in [1.82, 2.24) is 0 Å². The fourth-order valence-corrected chi connectivity index (χ4v) is 2.68. The number of nitrogens with one attached hydrogen (secondary N) is 1. The number of amides is 1. The summed E-state index contributed by atoms with van der Waals surface area (Å²) in [6.45, 7) is 3.95. The lowest BCUT2D eigenvalue weighted by Crippen LogP contribution is -2.21. The molecule has 5 nitrogen and oxygen atoms in total. The van der Waals surface area contributed by atoms with E-state index in [1.807, 2.05) is 26.0 Å². The number of carbonyl (C=O) groups excluding carboxylic acids is 1. The zero-order chi connectivity index (χ0) is 19.2. The van der Waals surface area contributed by atoms with Gasteiger partial charge in [0.1, 0.15) is 5.75 Å². The lowest BCUT2D eigenvalue weighted by atomic mass is 9.79. The minimum atomic E-state index is -0.658. The first-order valence-electron chi connectivity index (χ1n) is 8.58. The number of phenolic OH excluding ortho intramolecular Hbond substituents is 1. The minimum absolute atomic E-state index is 0.173. The average molecular weight is 354 g/mol. The number of hydrogen-bond donors (Lipinski definition) is 4. The highest BCUT2D eigenvalue weighted by Crippen LogP contribution is 2.37. The number of anilines is 2. The Morgan fingerprint density at radius 1 is 1.19 bits per heavy atom. The maximum atomic E-state index is 11.9. The summed E-state index contributed by atoms with van der Waals surface area (Å²) in [7, 11) is 0.